The number of nitrogens with two attached hydrogens (primary N) is 1. The van der Waals surface area contributed by atoms with Gasteiger partial charge in [0.1, 0.15) is 0 Å². The molecular formula is C17H26Cl2N4O2S. The Morgan fingerprint density at radius 1 is 1.38 bits per heavy atom. The largest absolute Gasteiger partial charge is 0.380 e. The molecule has 0 bridgehead atoms. The van der Waals surface area contributed by atoms with E-state index in [4.69, 9.17) is 10.5 Å². The van der Waals surface area contributed by atoms with E-state index in [1.807, 2.05) is 29.8 Å². The molecule has 2 rings (SSSR count). The van der Waals surface area contributed by atoms with Crippen molar-refractivity contribution in [3.63, 3.8) is 0 Å². The summed E-state index contributed by atoms with van der Waals surface area (Å²) in [7, 11) is 3.61. The number of amides is 1. The number of nitrogens with zero attached hydrogens (tertiary/aromatic N) is 2. The third-order valence-corrected chi connectivity index (χ3v) is 4.22. The topological polar surface area (TPSA) is 80.5 Å². The number of hydrogen-bond donors (Lipinski definition) is 2. The van der Waals surface area contributed by atoms with Crippen LogP contribution in [-0.4, -0.2) is 42.6 Å². The van der Waals surface area contributed by atoms with Crippen molar-refractivity contribution in [2.75, 3.05) is 26.0 Å². The highest BCUT2D eigenvalue weighted by Gasteiger charge is 2.12. The highest BCUT2D eigenvalue weighted by molar-refractivity contribution is 7.07. The summed E-state index contributed by atoms with van der Waals surface area (Å²) in [6.07, 6.45) is -0.00143. The van der Waals surface area contributed by atoms with Gasteiger partial charge in [-0.25, -0.2) is 4.98 Å². The summed E-state index contributed by atoms with van der Waals surface area (Å²) in [6, 6.07) is 7.86. The Balaban J connectivity index is 0.00000312. The molecule has 6 nitrogen and oxygen atoms in total. The van der Waals surface area contributed by atoms with Gasteiger partial charge in [0, 0.05) is 37.8 Å². The van der Waals surface area contributed by atoms with Crippen LogP contribution in [0.5, 0.6) is 0 Å². The minimum Gasteiger partial charge on any atom is -0.380 e. The fourth-order valence-corrected chi connectivity index (χ4v) is 2.94. The van der Waals surface area contributed by atoms with Crippen LogP contribution >= 0.6 is 36.2 Å². The van der Waals surface area contributed by atoms with Gasteiger partial charge >= 0.3 is 0 Å². The maximum absolute atomic E-state index is 12.0. The second kappa shape index (κ2) is 13.0. The average Bonchev–Trinajstić information content (AvgIpc) is 3.05. The zero-order chi connectivity index (χ0) is 17.4. The number of thiazole rings is 1. The maximum Gasteiger partial charge on any atom is 0.227 e. The lowest BCUT2D eigenvalue weighted by Crippen LogP contribution is -2.28. The van der Waals surface area contributed by atoms with Crippen LogP contribution in [0, 0.1) is 0 Å². The highest BCUT2D eigenvalue weighted by atomic mass is 35.5. The molecule has 1 atom stereocenters. The Morgan fingerprint density at radius 3 is 2.77 bits per heavy atom. The molecule has 0 aliphatic heterocycles. The van der Waals surface area contributed by atoms with Gasteiger partial charge in [0.15, 0.2) is 0 Å². The number of methoxy groups -OCH3 is 1. The molecule has 146 valence electrons. The number of aromatic nitrogens is 1. The number of hydrogen-bond acceptors (Lipinski definition) is 6. The smallest absolute Gasteiger partial charge is 0.227 e. The average molecular weight is 421 g/mol. The van der Waals surface area contributed by atoms with Gasteiger partial charge in [-0.2, -0.15) is 0 Å². The van der Waals surface area contributed by atoms with Gasteiger partial charge in [0.05, 0.1) is 23.7 Å². The number of anilines is 1. The van der Waals surface area contributed by atoms with Gasteiger partial charge in [-0.3, -0.25) is 9.69 Å². The predicted octanol–water partition coefficient (Wildman–Crippen LogP) is 2.92. The highest BCUT2D eigenvalue weighted by Crippen LogP contribution is 2.14. The fraction of sp³-hybridized carbons (Fsp3) is 0.412. The maximum atomic E-state index is 12.0. The summed E-state index contributed by atoms with van der Waals surface area (Å²) in [5.41, 5.74) is 10.4. The molecule has 1 unspecified atom stereocenters. The van der Waals surface area contributed by atoms with Crippen LogP contribution in [0.25, 0.3) is 0 Å². The Labute approximate surface area is 170 Å². The summed E-state index contributed by atoms with van der Waals surface area (Å²) in [5.74, 6) is -0.0970. The zero-order valence-electron chi connectivity index (χ0n) is 14.9. The summed E-state index contributed by atoms with van der Waals surface area (Å²) in [6.45, 7) is 1.90. The van der Waals surface area contributed by atoms with E-state index in [0.29, 0.717) is 6.54 Å². The van der Waals surface area contributed by atoms with E-state index in [2.05, 4.69) is 27.6 Å². The Hall–Kier alpha value is -1.22. The SMILES string of the molecule is COC(CN)CC(=O)Nc1cccc(CN(C)Cc2cscn2)c1.Cl.Cl. The second-order valence-corrected chi connectivity index (χ2v) is 6.42. The van der Waals surface area contributed by atoms with Gasteiger partial charge in [-0.15, -0.1) is 36.2 Å². The molecule has 1 heterocycles. The van der Waals surface area contributed by atoms with E-state index in [1.165, 1.54) is 0 Å². The van der Waals surface area contributed by atoms with Crippen molar-refractivity contribution >= 4 is 47.7 Å². The van der Waals surface area contributed by atoms with Gasteiger partial charge in [-0.05, 0) is 24.7 Å². The molecule has 0 fully saturated rings. The van der Waals surface area contributed by atoms with Crippen molar-refractivity contribution in [2.45, 2.75) is 25.6 Å². The van der Waals surface area contributed by atoms with E-state index in [9.17, 15) is 4.79 Å². The molecule has 1 aromatic carbocycles. The minimum atomic E-state index is -0.252. The predicted molar refractivity (Wildman–Crippen MR) is 111 cm³/mol. The molecular weight excluding hydrogens is 395 g/mol. The van der Waals surface area contributed by atoms with E-state index in [-0.39, 0.29) is 43.2 Å². The Kier molecular flexibility index (Phi) is 12.4. The first-order valence-corrected chi connectivity index (χ1v) is 8.72. The molecule has 9 heteroatoms. The first-order chi connectivity index (χ1) is 11.6. The van der Waals surface area contributed by atoms with Crippen molar-refractivity contribution in [1.29, 1.82) is 0 Å². The standard InChI is InChI=1S/C17H24N4O2S.2ClH/c1-21(10-15-11-24-12-19-15)9-13-4-3-5-14(6-13)20-17(22)7-16(8-18)23-2;;/h3-6,11-12,16H,7-10,18H2,1-2H3,(H,20,22);2*1H. The molecule has 2 aromatic rings. The van der Waals surface area contributed by atoms with Gasteiger partial charge in [0.25, 0.3) is 0 Å². The summed E-state index contributed by atoms with van der Waals surface area (Å²) in [4.78, 5) is 18.5. The molecule has 1 aromatic heterocycles. The number of nitrogens with one attached hydrogen (secondary N) is 1. The molecule has 3 N–H and O–H groups in total. The number of carbonyl (C=O) groups excluding carboxylic acids is 1. The van der Waals surface area contributed by atoms with E-state index in [0.717, 1.165) is 30.0 Å². The second-order valence-electron chi connectivity index (χ2n) is 5.70. The molecule has 1 amide bonds. The third-order valence-electron chi connectivity index (χ3n) is 3.59. The van der Waals surface area contributed by atoms with Crippen molar-refractivity contribution in [2.24, 2.45) is 5.73 Å². The van der Waals surface area contributed by atoms with Crippen LogP contribution in [-0.2, 0) is 22.6 Å². The van der Waals surface area contributed by atoms with Crippen LogP contribution in [0.2, 0.25) is 0 Å². The first kappa shape index (κ1) is 24.8. The van der Waals surface area contributed by atoms with Gasteiger partial charge in [-0.1, -0.05) is 12.1 Å². The lowest BCUT2D eigenvalue weighted by molar-refractivity contribution is -0.118. The van der Waals surface area contributed by atoms with E-state index < -0.39 is 0 Å². The minimum absolute atomic E-state index is 0. The molecule has 0 saturated carbocycles. The van der Waals surface area contributed by atoms with Crippen LogP contribution in [0.3, 0.4) is 0 Å². The van der Waals surface area contributed by atoms with Crippen LogP contribution in [0.1, 0.15) is 17.7 Å². The lowest BCUT2D eigenvalue weighted by Gasteiger charge is -2.16. The first-order valence-electron chi connectivity index (χ1n) is 7.78. The number of halogens is 2. The zero-order valence-corrected chi connectivity index (χ0v) is 17.3. The van der Waals surface area contributed by atoms with Gasteiger partial charge < -0.3 is 15.8 Å². The number of rotatable bonds is 9. The van der Waals surface area contributed by atoms with Gasteiger partial charge in [0.2, 0.25) is 5.91 Å². The monoisotopic (exact) mass is 420 g/mol. The van der Waals surface area contributed by atoms with Crippen molar-refractivity contribution in [1.82, 2.24) is 9.88 Å². The van der Waals surface area contributed by atoms with Crippen LogP contribution < -0.4 is 11.1 Å². The summed E-state index contributed by atoms with van der Waals surface area (Å²) < 4.78 is 5.14. The van der Waals surface area contributed by atoms with Crippen LogP contribution in [0.15, 0.2) is 35.2 Å². The molecule has 0 saturated heterocycles. The molecule has 0 spiro atoms. The van der Waals surface area contributed by atoms with Crippen molar-refractivity contribution < 1.29 is 9.53 Å². The number of benzene rings is 1. The molecule has 0 radical (unpaired) electrons. The molecule has 0 aliphatic rings. The molecule has 26 heavy (non-hydrogen) atoms. The van der Waals surface area contributed by atoms with Crippen molar-refractivity contribution in [3.05, 3.63) is 46.4 Å². The molecule has 0 aliphatic carbocycles. The quantitative estimate of drug-likeness (QED) is 0.651. The van der Waals surface area contributed by atoms with E-state index >= 15 is 0 Å². The number of ether oxygens (including phenoxy) is 1. The van der Waals surface area contributed by atoms with Crippen molar-refractivity contribution in [3.8, 4) is 0 Å². The van der Waals surface area contributed by atoms with Crippen LogP contribution in [0.4, 0.5) is 5.69 Å². The Bertz CT molecular complexity index is 639. The fourth-order valence-electron chi connectivity index (χ4n) is 2.39. The number of carbonyl (C=O) groups is 1. The summed E-state index contributed by atoms with van der Waals surface area (Å²) >= 11 is 1.60. The third kappa shape index (κ3) is 8.44. The van der Waals surface area contributed by atoms with E-state index in [1.54, 1.807) is 18.4 Å². The summed E-state index contributed by atoms with van der Waals surface area (Å²) in [5, 5.41) is 4.95. The lowest BCUT2D eigenvalue weighted by atomic mass is 10.1. The Morgan fingerprint density at radius 2 is 2.15 bits per heavy atom. The normalized spacial score (nSPS) is 11.4.